The summed E-state index contributed by atoms with van der Waals surface area (Å²) in [5, 5.41) is 6.77. The highest BCUT2D eigenvalue weighted by molar-refractivity contribution is 7.10. The SMILES string of the molecule is CC(CNC(=O)C(=O)Nc1ccc(F)c(Cl)c1)c1cccs1. The van der Waals surface area contributed by atoms with Crippen molar-refractivity contribution in [2.75, 3.05) is 11.9 Å². The maximum absolute atomic E-state index is 13.0. The van der Waals surface area contributed by atoms with E-state index in [1.54, 1.807) is 11.3 Å². The van der Waals surface area contributed by atoms with E-state index in [9.17, 15) is 14.0 Å². The first-order valence-corrected chi connectivity index (χ1v) is 7.80. The molecule has 0 aliphatic carbocycles. The molecule has 1 heterocycles. The summed E-state index contributed by atoms with van der Waals surface area (Å²) in [7, 11) is 0. The second-order valence-electron chi connectivity index (χ2n) is 4.71. The number of carbonyl (C=O) groups excluding carboxylic acids is 2. The van der Waals surface area contributed by atoms with Gasteiger partial charge >= 0.3 is 11.8 Å². The first-order chi connectivity index (χ1) is 10.5. The van der Waals surface area contributed by atoms with Crippen LogP contribution in [0.15, 0.2) is 35.7 Å². The van der Waals surface area contributed by atoms with Gasteiger partial charge in [0.25, 0.3) is 0 Å². The standard InChI is InChI=1S/C15H14ClFN2O2S/c1-9(13-3-2-6-22-13)8-18-14(20)15(21)19-10-4-5-12(17)11(16)7-10/h2-7,9H,8H2,1H3,(H,18,20)(H,19,21). The van der Waals surface area contributed by atoms with Gasteiger partial charge in [0.05, 0.1) is 5.02 Å². The van der Waals surface area contributed by atoms with Gasteiger partial charge in [0.2, 0.25) is 0 Å². The molecule has 0 spiro atoms. The lowest BCUT2D eigenvalue weighted by Gasteiger charge is -2.11. The Hall–Kier alpha value is -1.92. The van der Waals surface area contributed by atoms with E-state index in [2.05, 4.69) is 10.6 Å². The third-order valence-electron chi connectivity index (χ3n) is 2.98. The molecule has 4 nitrogen and oxygen atoms in total. The minimum Gasteiger partial charge on any atom is -0.347 e. The maximum atomic E-state index is 13.0. The lowest BCUT2D eigenvalue weighted by molar-refractivity contribution is -0.136. The molecule has 1 unspecified atom stereocenters. The number of benzene rings is 1. The highest BCUT2D eigenvalue weighted by Gasteiger charge is 2.16. The van der Waals surface area contributed by atoms with E-state index in [0.717, 1.165) is 10.9 Å². The first kappa shape index (κ1) is 16.5. The Morgan fingerprint density at radius 2 is 2.09 bits per heavy atom. The summed E-state index contributed by atoms with van der Waals surface area (Å²) in [4.78, 5) is 24.6. The fourth-order valence-corrected chi connectivity index (χ4v) is 2.73. The zero-order valence-electron chi connectivity index (χ0n) is 11.7. The van der Waals surface area contributed by atoms with Crippen molar-refractivity contribution in [2.45, 2.75) is 12.8 Å². The normalized spacial score (nSPS) is 11.8. The maximum Gasteiger partial charge on any atom is 0.313 e. The topological polar surface area (TPSA) is 58.2 Å². The van der Waals surface area contributed by atoms with Gasteiger partial charge in [-0.05, 0) is 29.6 Å². The van der Waals surface area contributed by atoms with Gasteiger partial charge in [-0.1, -0.05) is 24.6 Å². The summed E-state index contributed by atoms with van der Waals surface area (Å²) in [6, 6.07) is 7.61. The van der Waals surface area contributed by atoms with E-state index in [1.807, 2.05) is 24.4 Å². The van der Waals surface area contributed by atoms with Gasteiger partial charge < -0.3 is 10.6 Å². The molecule has 1 aromatic heterocycles. The van der Waals surface area contributed by atoms with Crippen LogP contribution in [0.25, 0.3) is 0 Å². The Bertz CT molecular complexity index is 676. The van der Waals surface area contributed by atoms with Crippen LogP contribution < -0.4 is 10.6 Å². The predicted molar refractivity (Wildman–Crippen MR) is 85.8 cm³/mol. The molecule has 1 atom stereocenters. The van der Waals surface area contributed by atoms with Crippen molar-refractivity contribution in [1.82, 2.24) is 5.32 Å². The fourth-order valence-electron chi connectivity index (χ4n) is 1.76. The van der Waals surface area contributed by atoms with Crippen LogP contribution in [-0.2, 0) is 9.59 Å². The second kappa shape index (κ2) is 7.38. The van der Waals surface area contributed by atoms with E-state index < -0.39 is 17.6 Å². The minimum atomic E-state index is -0.818. The van der Waals surface area contributed by atoms with E-state index in [-0.39, 0.29) is 16.6 Å². The molecule has 0 bridgehead atoms. The van der Waals surface area contributed by atoms with Crippen molar-refractivity contribution in [3.05, 3.63) is 51.4 Å². The lowest BCUT2D eigenvalue weighted by atomic mass is 10.1. The third-order valence-corrected chi connectivity index (χ3v) is 4.37. The number of carbonyl (C=O) groups is 2. The molecule has 0 radical (unpaired) electrons. The zero-order valence-corrected chi connectivity index (χ0v) is 13.3. The quantitative estimate of drug-likeness (QED) is 0.838. The average molecular weight is 341 g/mol. The van der Waals surface area contributed by atoms with Crippen LogP contribution in [0.4, 0.5) is 10.1 Å². The first-order valence-electron chi connectivity index (χ1n) is 6.55. The molecular weight excluding hydrogens is 327 g/mol. The number of nitrogens with one attached hydrogen (secondary N) is 2. The molecule has 2 aromatic rings. The molecule has 22 heavy (non-hydrogen) atoms. The summed E-state index contributed by atoms with van der Waals surface area (Å²) >= 11 is 7.21. The Balaban J connectivity index is 1.86. The number of halogens is 2. The molecule has 2 rings (SSSR count). The van der Waals surface area contributed by atoms with Crippen molar-refractivity contribution in [1.29, 1.82) is 0 Å². The van der Waals surface area contributed by atoms with Crippen LogP contribution in [0.1, 0.15) is 17.7 Å². The van der Waals surface area contributed by atoms with E-state index in [4.69, 9.17) is 11.6 Å². The highest BCUT2D eigenvalue weighted by atomic mass is 35.5. The van der Waals surface area contributed by atoms with Crippen molar-refractivity contribution >= 4 is 40.4 Å². The summed E-state index contributed by atoms with van der Waals surface area (Å²) in [5.41, 5.74) is 0.262. The van der Waals surface area contributed by atoms with Gasteiger partial charge in [0, 0.05) is 23.0 Å². The minimum absolute atomic E-state index is 0.121. The molecule has 116 valence electrons. The average Bonchev–Trinajstić information content (AvgIpc) is 3.02. The number of thiophene rings is 1. The zero-order chi connectivity index (χ0) is 16.1. The highest BCUT2D eigenvalue weighted by Crippen LogP contribution is 2.20. The predicted octanol–water partition coefficient (Wildman–Crippen LogP) is 3.40. The Morgan fingerprint density at radius 3 is 2.73 bits per heavy atom. The number of anilines is 1. The second-order valence-corrected chi connectivity index (χ2v) is 6.10. The third kappa shape index (κ3) is 4.29. The number of hydrogen-bond acceptors (Lipinski definition) is 3. The smallest absolute Gasteiger partial charge is 0.313 e. The molecule has 0 aliphatic rings. The molecule has 1 aromatic carbocycles. The number of amides is 2. The van der Waals surface area contributed by atoms with Crippen LogP contribution in [0.3, 0.4) is 0 Å². The van der Waals surface area contributed by atoms with Crippen molar-refractivity contribution in [2.24, 2.45) is 0 Å². The number of hydrogen-bond donors (Lipinski definition) is 2. The fraction of sp³-hybridized carbons (Fsp3) is 0.200. The lowest BCUT2D eigenvalue weighted by Crippen LogP contribution is -2.37. The summed E-state index contributed by atoms with van der Waals surface area (Å²) in [6.45, 7) is 2.32. The van der Waals surface area contributed by atoms with Crippen LogP contribution in [0.5, 0.6) is 0 Å². The molecule has 0 aliphatic heterocycles. The van der Waals surface area contributed by atoms with E-state index >= 15 is 0 Å². The van der Waals surface area contributed by atoms with Crippen LogP contribution >= 0.6 is 22.9 Å². The summed E-state index contributed by atoms with van der Waals surface area (Å²) < 4.78 is 13.0. The summed E-state index contributed by atoms with van der Waals surface area (Å²) in [5.74, 6) is -2.03. The van der Waals surface area contributed by atoms with Crippen molar-refractivity contribution in [3.8, 4) is 0 Å². The van der Waals surface area contributed by atoms with E-state index in [0.29, 0.717) is 6.54 Å². The Morgan fingerprint density at radius 1 is 1.32 bits per heavy atom. The van der Waals surface area contributed by atoms with Gasteiger partial charge in [-0.3, -0.25) is 9.59 Å². The van der Waals surface area contributed by atoms with Crippen LogP contribution in [0, 0.1) is 5.82 Å². The van der Waals surface area contributed by atoms with Gasteiger partial charge in [-0.2, -0.15) is 0 Å². The van der Waals surface area contributed by atoms with Gasteiger partial charge in [-0.25, -0.2) is 4.39 Å². The van der Waals surface area contributed by atoms with Crippen molar-refractivity contribution in [3.63, 3.8) is 0 Å². The molecule has 0 fully saturated rings. The number of rotatable bonds is 4. The van der Waals surface area contributed by atoms with Gasteiger partial charge in [0.1, 0.15) is 5.82 Å². The monoisotopic (exact) mass is 340 g/mol. The largest absolute Gasteiger partial charge is 0.347 e. The molecular formula is C15H14ClFN2O2S. The van der Waals surface area contributed by atoms with Crippen LogP contribution in [0.2, 0.25) is 5.02 Å². The molecule has 2 N–H and O–H groups in total. The van der Waals surface area contributed by atoms with E-state index in [1.165, 1.54) is 12.1 Å². The van der Waals surface area contributed by atoms with Crippen LogP contribution in [-0.4, -0.2) is 18.4 Å². The van der Waals surface area contributed by atoms with Gasteiger partial charge in [-0.15, -0.1) is 11.3 Å². The molecule has 2 amide bonds. The summed E-state index contributed by atoms with van der Waals surface area (Å²) in [6.07, 6.45) is 0. The molecule has 7 heteroatoms. The van der Waals surface area contributed by atoms with Crippen molar-refractivity contribution < 1.29 is 14.0 Å². The Labute approximate surface area is 136 Å². The molecule has 0 saturated heterocycles. The molecule has 0 saturated carbocycles. The Kier molecular flexibility index (Phi) is 5.51. The van der Waals surface area contributed by atoms with Gasteiger partial charge in [0.15, 0.2) is 0 Å².